The second kappa shape index (κ2) is 6.03. The summed E-state index contributed by atoms with van der Waals surface area (Å²) in [7, 11) is 1.69. The molecule has 1 aliphatic carbocycles. The first-order valence-corrected chi connectivity index (χ1v) is 6.41. The largest absolute Gasteiger partial charge is 0.497 e. The summed E-state index contributed by atoms with van der Waals surface area (Å²) in [4.78, 5) is 0. The second-order valence-electron chi connectivity index (χ2n) is 4.78. The van der Waals surface area contributed by atoms with Gasteiger partial charge in [-0.15, -0.1) is 0 Å². The van der Waals surface area contributed by atoms with Crippen LogP contribution in [0.15, 0.2) is 24.3 Å². The second-order valence-corrected chi connectivity index (χ2v) is 4.78. The predicted octanol–water partition coefficient (Wildman–Crippen LogP) is 2.05. The molecule has 0 bridgehead atoms. The Morgan fingerprint density at radius 1 is 1.24 bits per heavy atom. The van der Waals surface area contributed by atoms with Crippen LogP contribution in [-0.2, 0) is 6.54 Å². The summed E-state index contributed by atoms with van der Waals surface area (Å²) in [6, 6.07) is 8.99. The van der Waals surface area contributed by atoms with E-state index < -0.39 is 0 Å². The van der Waals surface area contributed by atoms with Crippen LogP contribution < -0.4 is 15.8 Å². The van der Waals surface area contributed by atoms with E-state index in [4.69, 9.17) is 10.5 Å². The number of methoxy groups -OCH3 is 1. The SMILES string of the molecule is COc1ccc(CN[C@@H]2CCCC[C@@H]2N)cc1. The summed E-state index contributed by atoms with van der Waals surface area (Å²) >= 11 is 0. The van der Waals surface area contributed by atoms with Gasteiger partial charge >= 0.3 is 0 Å². The minimum atomic E-state index is 0.321. The van der Waals surface area contributed by atoms with Gasteiger partial charge in [-0.3, -0.25) is 0 Å². The predicted molar refractivity (Wildman–Crippen MR) is 70.1 cm³/mol. The van der Waals surface area contributed by atoms with E-state index in [9.17, 15) is 0 Å². The van der Waals surface area contributed by atoms with Gasteiger partial charge < -0.3 is 15.8 Å². The van der Waals surface area contributed by atoms with Crippen molar-refractivity contribution in [2.45, 2.75) is 44.3 Å². The number of ether oxygens (including phenoxy) is 1. The molecule has 0 saturated heterocycles. The van der Waals surface area contributed by atoms with E-state index in [-0.39, 0.29) is 0 Å². The monoisotopic (exact) mass is 234 g/mol. The number of hydrogen-bond donors (Lipinski definition) is 2. The Kier molecular flexibility index (Phi) is 4.40. The highest BCUT2D eigenvalue weighted by atomic mass is 16.5. The normalized spacial score (nSPS) is 24.6. The molecule has 1 aromatic rings. The van der Waals surface area contributed by atoms with Crippen molar-refractivity contribution in [1.82, 2.24) is 5.32 Å². The summed E-state index contributed by atoms with van der Waals surface area (Å²) < 4.78 is 5.14. The van der Waals surface area contributed by atoms with Gasteiger partial charge in [-0.1, -0.05) is 25.0 Å². The van der Waals surface area contributed by atoms with Crippen LogP contribution in [0, 0.1) is 0 Å². The summed E-state index contributed by atoms with van der Waals surface area (Å²) in [5.41, 5.74) is 7.39. The summed E-state index contributed by atoms with van der Waals surface area (Å²) in [6.07, 6.45) is 4.94. The molecule has 0 heterocycles. The van der Waals surface area contributed by atoms with Crippen LogP contribution in [-0.4, -0.2) is 19.2 Å². The molecule has 17 heavy (non-hydrogen) atoms. The third-order valence-electron chi connectivity index (χ3n) is 3.55. The average Bonchev–Trinajstić information content (AvgIpc) is 2.38. The van der Waals surface area contributed by atoms with Crippen molar-refractivity contribution < 1.29 is 4.74 Å². The van der Waals surface area contributed by atoms with Gasteiger partial charge in [0.15, 0.2) is 0 Å². The first-order valence-electron chi connectivity index (χ1n) is 6.41. The Morgan fingerprint density at radius 2 is 1.94 bits per heavy atom. The number of nitrogens with two attached hydrogens (primary N) is 1. The van der Waals surface area contributed by atoms with Gasteiger partial charge in [-0.25, -0.2) is 0 Å². The number of hydrogen-bond acceptors (Lipinski definition) is 3. The van der Waals surface area contributed by atoms with Gasteiger partial charge in [0, 0.05) is 18.6 Å². The zero-order valence-corrected chi connectivity index (χ0v) is 10.5. The molecule has 1 saturated carbocycles. The van der Waals surface area contributed by atoms with Crippen molar-refractivity contribution in [2.24, 2.45) is 5.73 Å². The summed E-state index contributed by atoms with van der Waals surface area (Å²) in [5, 5.41) is 3.56. The van der Waals surface area contributed by atoms with Crippen molar-refractivity contribution in [1.29, 1.82) is 0 Å². The van der Waals surface area contributed by atoms with Crippen LogP contribution in [0.25, 0.3) is 0 Å². The maximum absolute atomic E-state index is 6.11. The molecule has 2 atom stereocenters. The van der Waals surface area contributed by atoms with Crippen LogP contribution in [0.3, 0.4) is 0 Å². The Balaban J connectivity index is 1.84. The molecule has 0 aliphatic heterocycles. The minimum absolute atomic E-state index is 0.321. The minimum Gasteiger partial charge on any atom is -0.497 e. The molecule has 3 heteroatoms. The fourth-order valence-electron chi connectivity index (χ4n) is 2.41. The molecule has 3 N–H and O–H groups in total. The van der Waals surface area contributed by atoms with Crippen molar-refractivity contribution in [3.8, 4) is 5.75 Å². The van der Waals surface area contributed by atoms with E-state index in [0.29, 0.717) is 12.1 Å². The lowest BCUT2D eigenvalue weighted by Crippen LogP contribution is -2.46. The lowest BCUT2D eigenvalue weighted by atomic mass is 9.91. The molecule has 3 nitrogen and oxygen atoms in total. The first-order chi connectivity index (χ1) is 8.29. The average molecular weight is 234 g/mol. The number of nitrogens with one attached hydrogen (secondary N) is 1. The molecule has 94 valence electrons. The van der Waals surface area contributed by atoms with Crippen LogP contribution in [0.1, 0.15) is 31.2 Å². The highest BCUT2D eigenvalue weighted by Crippen LogP contribution is 2.17. The van der Waals surface area contributed by atoms with E-state index in [0.717, 1.165) is 18.7 Å². The highest BCUT2D eigenvalue weighted by Gasteiger charge is 2.20. The maximum Gasteiger partial charge on any atom is 0.118 e. The molecule has 0 spiro atoms. The molecular weight excluding hydrogens is 212 g/mol. The van der Waals surface area contributed by atoms with E-state index in [2.05, 4.69) is 17.4 Å². The van der Waals surface area contributed by atoms with Crippen LogP contribution in [0.4, 0.5) is 0 Å². The van der Waals surface area contributed by atoms with E-state index in [1.54, 1.807) is 7.11 Å². The lowest BCUT2D eigenvalue weighted by molar-refractivity contribution is 0.326. The Bertz CT molecular complexity index is 337. The molecule has 0 radical (unpaired) electrons. The molecule has 0 amide bonds. The lowest BCUT2D eigenvalue weighted by Gasteiger charge is -2.29. The molecule has 1 fully saturated rings. The van der Waals surface area contributed by atoms with Gasteiger partial charge in [-0.2, -0.15) is 0 Å². The smallest absolute Gasteiger partial charge is 0.118 e. The van der Waals surface area contributed by atoms with E-state index in [1.165, 1.54) is 24.8 Å². The fourth-order valence-corrected chi connectivity index (χ4v) is 2.41. The molecule has 0 unspecified atom stereocenters. The van der Waals surface area contributed by atoms with Crippen molar-refractivity contribution >= 4 is 0 Å². The quantitative estimate of drug-likeness (QED) is 0.838. The summed E-state index contributed by atoms with van der Waals surface area (Å²) in [5.74, 6) is 0.906. The van der Waals surface area contributed by atoms with Crippen LogP contribution >= 0.6 is 0 Å². The number of benzene rings is 1. The molecular formula is C14H22N2O. The van der Waals surface area contributed by atoms with E-state index in [1.807, 2.05) is 12.1 Å². The fraction of sp³-hybridized carbons (Fsp3) is 0.571. The van der Waals surface area contributed by atoms with Crippen molar-refractivity contribution in [2.75, 3.05) is 7.11 Å². The van der Waals surface area contributed by atoms with Gasteiger partial charge in [-0.05, 0) is 30.5 Å². The molecule has 2 rings (SSSR count). The van der Waals surface area contributed by atoms with E-state index >= 15 is 0 Å². The molecule has 1 aliphatic rings. The zero-order valence-electron chi connectivity index (χ0n) is 10.5. The van der Waals surface area contributed by atoms with Gasteiger partial charge in [0.05, 0.1) is 7.11 Å². The summed E-state index contributed by atoms with van der Waals surface area (Å²) in [6.45, 7) is 0.891. The van der Waals surface area contributed by atoms with Crippen LogP contribution in [0.2, 0.25) is 0 Å². The maximum atomic E-state index is 6.11. The Hall–Kier alpha value is -1.06. The van der Waals surface area contributed by atoms with Crippen LogP contribution in [0.5, 0.6) is 5.75 Å². The van der Waals surface area contributed by atoms with Crippen molar-refractivity contribution in [3.63, 3.8) is 0 Å². The zero-order chi connectivity index (χ0) is 12.1. The molecule has 1 aromatic carbocycles. The number of rotatable bonds is 4. The van der Waals surface area contributed by atoms with Crippen molar-refractivity contribution in [3.05, 3.63) is 29.8 Å². The third-order valence-corrected chi connectivity index (χ3v) is 3.55. The van der Waals surface area contributed by atoms with Gasteiger partial charge in [0.25, 0.3) is 0 Å². The first kappa shape index (κ1) is 12.4. The third kappa shape index (κ3) is 3.45. The Labute approximate surface area is 103 Å². The molecule has 0 aromatic heterocycles. The Morgan fingerprint density at radius 3 is 2.59 bits per heavy atom. The topological polar surface area (TPSA) is 47.3 Å². The van der Waals surface area contributed by atoms with Gasteiger partial charge in [0.2, 0.25) is 0 Å². The van der Waals surface area contributed by atoms with Gasteiger partial charge in [0.1, 0.15) is 5.75 Å². The standard InChI is InChI=1S/C14H22N2O/c1-17-12-8-6-11(7-9-12)10-16-14-5-3-2-4-13(14)15/h6-9,13-14,16H,2-5,10,15H2,1H3/t13-,14+/m0/s1. The highest BCUT2D eigenvalue weighted by molar-refractivity contribution is 5.27.